The van der Waals surface area contributed by atoms with Gasteiger partial charge in [-0.1, -0.05) is 19.1 Å². The molecule has 1 atom stereocenters. The van der Waals surface area contributed by atoms with Gasteiger partial charge in [-0.15, -0.1) is 0 Å². The van der Waals surface area contributed by atoms with E-state index in [0.717, 1.165) is 4.47 Å². The lowest BCUT2D eigenvalue weighted by atomic mass is 10.2. The monoisotopic (exact) mass is 287 g/mol. The summed E-state index contributed by atoms with van der Waals surface area (Å²) in [7, 11) is 0. The molecule has 0 fully saturated rings. The molecule has 16 heavy (non-hydrogen) atoms. The van der Waals surface area contributed by atoms with E-state index in [1.165, 1.54) is 0 Å². The maximum atomic E-state index is 10.8. The Kier molecular flexibility index (Phi) is 4.76. The van der Waals surface area contributed by atoms with E-state index in [-0.39, 0.29) is 19.1 Å². The normalized spacial score (nSPS) is 12.2. The number of amides is 1. The Morgan fingerprint density at radius 1 is 1.62 bits per heavy atom. The molecule has 1 aromatic carbocycles. The van der Waals surface area contributed by atoms with Crippen molar-refractivity contribution in [2.24, 2.45) is 11.7 Å². The predicted molar refractivity (Wildman–Crippen MR) is 63.9 cm³/mol. The summed E-state index contributed by atoms with van der Waals surface area (Å²) >= 11 is 3.32. The molecule has 0 aromatic heterocycles. The summed E-state index contributed by atoms with van der Waals surface area (Å²) in [5.41, 5.74) is 5.80. The molecular weight excluding hydrogens is 274 g/mol. The van der Waals surface area contributed by atoms with Crippen molar-refractivity contribution < 1.29 is 14.6 Å². The number of halogens is 1. The maximum Gasteiger partial charge on any atom is 0.223 e. The van der Waals surface area contributed by atoms with Crippen LogP contribution in [0.15, 0.2) is 22.7 Å². The van der Waals surface area contributed by atoms with Gasteiger partial charge in [0.05, 0.1) is 23.6 Å². The second kappa shape index (κ2) is 5.86. The molecule has 0 aliphatic heterocycles. The van der Waals surface area contributed by atoms with Gasteiger partial charge in [0, 0.05) is 5.56 Å². The van der Waals surface area contributed by atoms with Crippen LogP contribution in [0.25, 0.3) is 0 Å². The second-order valence-corrected chi connectivity index (χ2v) is 4.35. The number of rotatable bonds is 5. The summed E-state index contributed by atoms with van der Waals surface area (Å²) in [4.78, 5) is 10.8. The van der Waals surface area contributed by atoms with Crippen molar-refractivity contribution in [2.45, 2.75) is 13.5 Å². The number of carbonyl (C=O) groups is 1. The van der Waals surface area contributed by atoms with Gasteiger partial charge in [-0.3, -0.25) is 4.79 Å². The molecule has 1 amide bonds. The Labute approximate surface area is 103 Å². The Bertz CT molecular complexity index is 381. The lowest BCUT2D eigenvalue weighted by Gasteiger charge is -2.14. The largest absolute Gasteiger partial charge is 0.491 e. The first-order valence-electron chi connectivity index (χ1n) is 4.86. The predicted octanol–water partition coefficient (Wildman–Crippen LogP) is 1.44. The van der Waals surface area contributed by atoms with E-state index in [0.29, 0.717) is 11.3 Å². The van der Waals surface area contributed by atoms with Crippen molar-refractivity contribution in [3.63, 3.8) is 0 Å². The number of primary amides is 1. The minimum atomic E-state index is -0.405. The zero-order valence-corrected chi connectivity index (χ0v) is 10.5. The minimum Gasteiger partial charge on any atom is -0.491 e. The molecule has 4 nitrogen and oxygen atoms in total. The molecule has 0 heterocycles. The van der Waals surface area contributed by atoms with Crippen LogP contribution in [-0.4, -0.2) is 17.6 Å². The van der Waals surface area contributed by atoms with Crippen LogP contribution in [0.1, 0.15) is 12.5 Å². The van der Waals surface area contributed by atoms with Crippen molar-refractivity contribution in [3.8, 4) is 5.75 Å². The number of carbonyl (C=O) groups excluding carboxylic acids is 1. The summed E-state index contributed by atoms with van der Waals surface area (Å²) in [5, 5.41) is 9.12. The van der Waals surface area contributed by atoms with Crippen molar-refractivity contribution >= 4 is 21.8 Å². The summed E-state index contributed by atoms with van der Waals surface area (Å²) in [6.07, 6.45) is 0. The van der Waals surface area contributed by atoms with Gasteiger partial charge in [0.2, 0.25) is 5.91 Å². The highest BCUT2D eigenvalue weighted by Crippen LogP contribution is 2.29. The molecule has 0 bridgehead atoms. The summed E-state index contributed by atoms with van der Waals surface area (Å²) in [6, 6.07) is 5.37. The van der Waals surface area contributed by atoms with Gasteiger partial charge in [-0.25, -0.2) is 0 Å². The SMILES string of the molecule is CC(COc1c(Br)cccc1CO)C(N)=O. The second-order valence-electron chi connectivity index (χ2n) is 3.50. The van der Waals surface area contributed by atoms with Gasteiger partial charge in [-0.2, -0.15) is 0 Å². The Balaban J connectivity index is 2.76. The molecule has 0 saturated carbocycles. The van der Waals surface area contributed by atoms with Crippen molar-refractivity contribution in [3.05, 3.63) is 28.2 Å². The van der Waals surface area contributed by atoms with Crippen LogP contribution in [0.3, 0.4) is 0 Å². The number of benzene rings is 1. The zero-order chi connectivity index (χ0) is 12.1. The van der Waals surface area contributed by atoms with E-state index in [1.807, 2.05) is 6.07 Å². The minimum absolute atomic E-state index is 0.111. The molecule has 0 spiro atoms. The number of hydrogen-bond acceptors (Lipinski definition) is 3. The van der Waals surface area contributed by atoms with Gasteiger partial charge < -0.3 is 15.6 Å². The molecule has 88 valence electrons. The maximum absolute atomic E-state index is 10.8. The average molecular weight is 288 g/mol. The molecule has 0 aliphatic carbocycles. The van der Waals surface area contributed by atoms with E-state index in [2.05, 4.69) is 15.9 Å². The molecule has 5 heteroatoms. The van der Waals surface area contributed by atoms with Crippen molar-refractivity contribution in [2.75, 3.05) is 6.61 Å². The number of aliphatic hydroxyl groups excluding tert-OH is 1. The molecule has 1 unspecified atom stereocenters. The first-order chi connectivity index (χ1) is 7.56. The summed E-state index contributed by atoms with van der Waals surface area (Å²) < 4.78 is 6.22. The molecule has 1 aromatic rings. The fourth-order valence-electron chi connectivity index (χ4n) is 1.13. The van der Waals surface area contributed by atoms with Crippen LogP contribution in [-0.2, 0) is 11.4 Å². The highest BCUT2D eigenvalue weighted by molar-refractivity contribution is 9.10. The van der Waals surface area contributed by atoms with E-state index in [1.54, 1.807) is 19.1 Å². The first-order valence-corrected chi connectivity index (χ1v) is 5.66. The van der Waals surface area contributed by atoms with Crippen LogP contribution in [0.5, 0.6) is 5.75 Å². The van der Waals surface area contributed by atoms with Gasteiger partial charge in [0.15, 0.2) is 0 Å². The standard InChI is InChI=1S/C11H14BrNO3/c1-7(11(13)15)6-16-10-8(5-14)3-2-4-9(10)12/h2-4,7,14H,5-6H2,1H3,(H2,13,15). The average Bonchev–Trinajstić information content (AvgIpc) is 2.26. The lowest BCUT2D eigenvalue weighted by Crippen LogP contribution is -2.26. The van der Waals surface area contributed by atoms with E-state index >= 15 is 0 Å². The molecule has 1 rings (SSSR count). The number of nitrogens with two attached hydrogens (primary N) is 1. The molecular formula is C11H14BrNO3. The van der Waals surface area contributed by atoms with Crippen LogP contribution in [0, 0.1) is 5.92 Å². The lowest BCUT2D eigenvalue weighted by molar-refractivity contribution is -0.122. The van der Waals surface area contributed by atoms with Gasteiger partial charge in [-0.05, 0) is 22.0 Å². The topological polar surface area (TPSA) is 72.6 Å². The van der Waals surface area contributed by atoms with Crippen LogP contribution in [0.2, 0.25) is 0 Å². The van der Waals surface area contributed by atoms with Gasteiger partial charge in [0.1, 0.15) is 5.75 Å². The highest BCUT2D eigenvalue weighted by atomic mass is 79.9. The fourth-order valence-corrected chi connectivity index (χ4v) is 1.65. The number of aliphatic hydroxyl groups is 1. The smallest absolute Gasteiger partial charge is 0.223 e. The van der Waals surface area contributed by atoms with Gasteiger partial charge >= 0.3 is 0 Å². The quantitative estimate of drug-likeness (QED) is 0.861. The van der Waals surface area contributed by atoms with Crippen molar-refractivity contribution in [1.82, 2.24) is 0 Å². The third-order valence-corrected chi connectivity index (χ3v) is 2.81. The molecule has 0 aliphatic rings. The number of para-hydroxylation sites is 1. The van der Waals surface area contributed by atoms with Crippen molar-refractivity contribution in [1.29, 1.82) is 0 Å². The van der Waals surface area contributed by atoms with Crippen LogP contribution < -0.4 is 10.5 Å². The fraction of sp³-hybridized carbons (Fsp3) is 0.364. The Morgan fingerprint density at radius 2 is 2.31 bits per heavy atom. The van der Waals surface area contributed by atoms with Gasteiger partial charge in [0.25, 0.3) is 0 Å². The van der Waals surface area contributed by atoms with Crippen LogP contribution >= 0.6 is 15.9 Å². The van der Waals surface area contributed by atoms with Crippen LogP contribution in [0.4, 0.5) is 0 Å². The molecule has 3 N–H and O–H groups in total. The number of hydrogen-bond donors (Lipinski definition) is 2. The van der Waals surface area contributed by atoms with E-state index in [9.17, 15) is 4.79 Å². The number of ether oxygens (including phenoxy) is 1. The highest BCUT2D eigenvalue weighted by Gasteiger charge is 2.12. The Hall–Kier alpha value is -1.07. The summed E-state index contributed by atoms with van der Waals surface area (Å²) in [6.45, 7) is 1.78. The summed E-state index contributed by atoms with van der Waals surface area (Å²) in [5.74, 6) is -0.214. The van der Waals surface area contributed by atoms with E-state index in [4.69, 9.17) is 15.6 Å². The van der Waals surface area contributed by atoms with E-state index < -0.39 is 5.91 Å². The third kappa shape index (κ3) is 3.21. The molecule has 0 saturated heterocycles. The molecule has 0 radical (unpaired) electrons. The Morgan fingerprint density at radius 3 is 2.88 bits per heavy atom. The third-order valence-electron chi connectivity index (χ3n) is 2.18. The zero-order valence-electron chi connectivity index (χ0n) is 8.94. The first kappa shape index (κ1) is 13.0.